The molecule has 0 spiro atoms. The van der Waals surface area contributed by atoms with Gasteiger partial charge in [-0.15, -0.1) is 5.06 Å². The summed E-state index contributed by atoms with van der Waals surface area (Å²) in [5, 5.41) is 13.9. The topological polar surface area (TPSA) is 294 Å². The minimum atomic E-state index is -4.82. The monoisotopic (exact) mass is 1240 g/mol. The van der Waals surface area contributed by atoms with E-state index in [0.29, 0.717) is 59.9 Å². The Morgan fingerprint density at radius 1 is 0.583 bits per heavy atom. The standard InChI is InChI=1S/C59H93N7O15S3/c67-45(21-13-15-23-49-54-47(41-82-49)61-58(73)63-54)19-11-7-3-1-5-9-17-31-65(32-18-10-6-2-4-8-12-20-46(68)22-14-16-24-50-55-48(42-83-50)62-59(74)64-55)40-43-25-27-44(28-26-43)56(71)60-30-34-79-36-38-80-37-35-78-33-29-53(70)81-66-52(69)39-51(57(66)72)84(75,76)77/h25-28,47-51,54-55H,1-24,29-42H2,(H,60,71)(H2,61,63,73)(H2,62,64,74)(H,75,76,77). The van der Waals surface area contributed by atoms with E-state index in [9.17, 15) is 46.8 Å². The molecule has 7 amide bonds. The Morgan fingerprint density at radius 2 is 1.04 bits per heavy atom. The summed E-state index contributed by atoms with van der Waals surface area (Å²) in [4.78, 5) is 104. The molecule has 84 heavy (non-hydrogen) atoms. The van der Waals surface area contributed by atoms with E-state index in [-0.39, 0.29) is 93.3 Å². The van der Waals surface area contributed by atoms with Gasteiger partial charge in [-0.2, -0.15) is 31.9 Å². The molecule has 0 saturated carbocycles. The average molecular weight is 1240 g/mol. The highest BCUT2D eigenvalue weighted by Gasteiger charge is 2.48. The molecule has 5 fully saturated rings. The van der Waals surface area contributed by atoms with Crippen molar-refractivity contribution in [2.45, 2.75) is 213 Å². The van der Waals surface area contributed by atoms with E-state index in [1.165, 1.54) is 25.7 Å². The predicted octanol–water partition coefficient (Wildman–Crippen LogP) is 6.96. The number of rotatable bonds is 47. The Hall–Kier alpha value is -4.37. The second-order valence-electron chi connectivity index (χ2n) is 22.8. The van der Waals surface area contributed by atoms with E-state index < -0.39 is 39.6 Å². The maximum atomic E-state index is 13.0. The van der Waals surface area contributed by atoms with Crippen molar-refractivity contribution in [1.82, 2.24) is 36.5 Å². The number of carbonyl (C=O) groups is 8. The lowest BCUT2D eigenvalue weighted by Gasteiger charge is -2.23. The van der Waals surface area contributed by atoms with Gasteiger partial charge in [-0.25, -0.2) is 14.4 Å². The first-order valence-electron chi connectivity index (χ1n) is 30.9. The van der Waals surface area contributed by atoms with E-state index in [0.717, 1.165) is 139 Å². The zero-order valence-corrected chi connectivity index (χ0v) is 51.5. The molecule has 6 N–H and O–H groups in total. The van der Waals surface area contributed by atoms with Crippen LogP contribution in [0.1, 0.15) is 183 Å². The predicted molar refractivity (Wildman–Crippen MR) is 321 cm³/mol. The lowest BCUT2D eigenvalue weighted by molar-refractivity contribution is -0.198. The molecule has 5 aliphatic heterocycles. The van der Waals surface area contributed by atoms with Gasteiger partial charge in [0.1, 0.15) is 11.6 Å². The Morgan fingerprint density at radius 3 is 1.52 bits per heavy atom. The molecule has 7 unspecified atom stereocenters. The summed E-state index contributed by atoms with van der Waals surface area (Å²) in [5.74, 6) is -0.895. The van der Waals surface area contributed by atoms with Crippen LogP contribution in [0, 0.1) is 0 Å². The molecule has 0 aromatic heterocycles. The molecule has 5 saturated heterocycles. The molecule has 0 bridgehead atoms. The Labute approximate surface area is 505 Å². The number of hydrogen-bond donors (Lipinski definition) is 6. The van der Waals surface area contributed by atoms with Crippen molar-refractivity contribution >= 4 is 81.0 Å². The SMILES string of the molecule is O=C(CCCCCCCCCN(CCCCCCCCCC(=O)CCCCC1SCC2NC(=O)NC21)Cc1ccc(C(=O)NCCOCCOCCOCCC(=O)ON2C(=O)CC(S(=O)(=O)O)C2=O)cc1)CCCCC1SCC2NC(=O)NC21. The lowest BCUT2D eigenvalue weighted by Crippen LogP contribution is -2.36. The first-order valence-corrected chi connectivity index (χ1v) is 34.5. The molecule has 22 nitrogen and oxygen atoms in total. The normalized spacial score (nSPS) is 21.8. The first kappa shape index (κ1) is 68.7. The lowest BCUT2D eigenvalue weighted by atomic mass is 10.0. The van der Waals surface area contributed by atoms with Crippen molar-refractivity contribution in [1.29, 1.82) is 0 Å². The molecule has 7 atom stereocenters. The van der Waals surface area contributed by atoms with Crippen LogP contribution < -0.4 is 26.6 Å². The Balaban J connectivity index is 0.781. The number of carbonyl (C=O) groups excluding carboxylic acids is 8. The zero-order valence-electron chi connectivity index (χ0n) is 49.0. The summed E-state index contributed by atoms with van der Waals surface area (Å²) >= 11 is 3.85. The van der Waals surface area contributed by atoms with E-state index in [2.05, 4.69) is 36.3 Å². The van der Waals surface area contributed by atoms with Crippen molar-refractivity contribution < 1.29 is 70.4 Å². The molecule has 472 valence electrons. The van der Waals surface area contributed by atoms with Gasteiger partial charge in [-0.3, -0.25) is 33.4 Å². The number of unbranched alkanes of at least 4 members (excludes halogenated alkanes) is 14. The van der Waals surface area contributed by atoms with Gasteiger partial charge in [0.2, 0.25) is 0 Å². The Kier molecular flexibility index (Phi) is 31.1. The fraction of sp³-hybridized carbons (Fsp3) is 0.763. The molecule has 0 radical (unpaired) electrons. The highest BCUT2D eigenvalue weighted by atomic mass is 32.2. The molecule has 1 aromatic carbocycles. The van der Waals surface area contributed by atoms with Crippen molar-refractivity contribution in [3.63, 3.8) is 0 Å². The molecule has 1 aromatic rings. The van der Waals surface area contributed by atoms with Crippen LogP contribution in [0.5, 0.6) is 0 Å². The molecular formula is C59H93N7O15S3. The third-order valence-corrected chi connectivity index (χ3v) is 20.2. The van der Waals surface area contributed by atoms with Gasteiger partial charge < -0.3 is 45.6 Å². The second kappa shape index (κ2) is 38.0. The number of nitrogens with one attached hydrogen (secondary N) is 5. The van der Waals surface area contributed by atoms with Gasteiger partial charge in [0, 0.05) is 66.3 Å². The smallest absolute Gasteiger partial charge is 0.335 e. The number of imide groups is 1. The number of ether oxygens (including phenoxy) is 3. The quantitative estimate of drug-likeness (QED) is 0.0166. The maximum absolute atomic E-state index is 13.0. The zero-order chi connectivity index (χ0) is 59.9. The van der Waals surface area contributed by atoms with Crippen LogP contribution >= 0.6 is 23.5 Å². The van der Waals surface area contributed by atoms with E-state index >= 15 is 0 Å². The third kappa shape index (κ3) is 25.2. The number of Topliss-reactive ketones (excluding diaryl/α,β-unsaturated/α-hetero) is 2. The second-order valence-corrected chi connectivity index (χ2v) is 26.9. The molecule has 5 aliphatic rings. The van der Waals surface area contributed by atoms with Gasteiger partial charge in [-0.05, 0) is 82.2 Å². The van der Waals surface area contributed by atoms with Crippen molar-refractivity contribution in [2.24, 2.45) is 0 Å². The van der Waals surface area contributed by atoms with Crippen LogP contribution in [0.4, 0.5) is 9.59 Å². The largest absolute Gasteiger partial charge is 0.378 e. The number of amides is 7. The number of ketones is 2. The minimum Gasteiger partial charge on any atom is -0.378 e. The third-order valence-electron chi connectivity index (χ3n) is 16.1. The van der Waals surface area contributed by atoms with E-state index in [1.54, 1.807) is 0 Å². The average Bonchev–Trinajstić information content (AvgIpc) is 4.48. The van der Waals surface area contributed by atoms with Gasteiger partial charge in [0.15, 0.2) is 5.25 Å². The van der Waals surface area contributed by atoms with E-state index in [4.69, 9.17) is 18.8 Å². The van der Waals surface area contributed by atoms with Crippen molar-refractivity contribution in [3.05, 3.63) is 35.4 Å². The van der Waals surface area contributed by atoms with Crippen LogP contribution in [-0.2, 0) is 59.7 Å². The van der Waals surface area contributed by atoms with Crippen LogP contribution in [0.15, 0.2) is 24.3 Å². The summed E-state index contributed by atoms with van der Waals surface area (Å²) in [7, 11) is -4.82. The number of hydrogen-bond acceptors (Lipinski definition) is 17. The number of urea groups is 2. The van der Waals surface area contributed by atoms with Crippen LogP contribution in [0.2, 0.25) is 0 Å². The summed E-state index contributed by atoms with van der Waals surface area (Å²) in [5.41, 5.74) is 1.72. The molecule has 25 heteroatoms. The minimum absolute atomic E-state index is 0.0450. The first-order chi connectivity index (χ1) is 40.6. The number of thioether (sulfide) groups is 2. The summed E-state index contributed by atoms with van der Waals surface area (Å²) < 4.78 is 47.9. The number of benzene rings is 1. The highest BCUT2D eigenvalue weighted by molar-refractivity contribution is 8.00. The summed E-state index contributed by atoms with van der Waals surface area (Å²) in [6.07, 6.45) is 23.2. The van der Waals surface area contributed by atoms with Crippen LogP contribution in [-0.4, -0.2) is 181 Å². The van der Waals surface area contributed by atoms with Gasteiger partial charge in [0.25, 0.3) is 27.8 Å². The van der Waals surface area contributed by atoms with Gasteiger partial charge >= 0.3 is 18.0 Å². The number of nitrogens with zero attached hydrogens (tertiary/aromatic N) is 2. The van der Waals surface area contributed by atoms with Gasteiger partial charge in [0.05, 0.1) is 76.7 Å². The molecule has 0 aliphatic carbocycles. The van der Waals surface area contributed by atoms with Crippen LogP contribution in [0.3, 0.4) is 0 Å². The fourth-order valence-corrected chi connectivity index (χ4v) is 15.1. The van der Waals surface area contributed by atoms with Crippen LogP contribution in [0.25, 0.3) is 0 Å². The maximum Gasteiger partial charge on any atom is 0.335 e. The summed E-state index contributed by atoms with van der Waals surface area (Å²) in [6.45, 7) is 4.17. The number of hydroxylamine groups is 2. The number of fused-ring (bicyclic) bond motifs is 2. The Bertz CT molecular complexity index is 2290. The summed E-state index contributed by atoms with van der Waals surface area (Å²) in [6, 6.07) is 8.62. The van der Waals surface area contributed by atoms with E-state index in [1.807, 2.05) is 47.8 Å². The molecule has 6 rings (SSSR count). The molecule has 5 heterocycles. The molecular weight excluding hydrogens is 1140 g/mol. The van der Waals surface area contributed by atoms with Gasteiger partial charge in [-0.1, -0.05) is 89.2 Å². The van der Waals surface area contributed by atoms with Crippen molar-refractivity contribution in [2.75, 3.05) is 70.8 Å². The highest BCUT2D eigenvalue weighted by Crippen LogP contribution is 2.34. The fourth-order valence-electron chi connectivity index (χ4n) is 11.3. The van der Waals surface area contributed by atoms with Crippen molar-refractivity contribution in [3.8, 4) is 0 Å².